The molecule has 1 N–H and O–H groups in total. The summed E-state index contributed by atoms with van der Waals surface area (Å²) in [5.74, 6) is -0.00922. The van der Waals surface area contributed by atoms with E-state index in [0.29, 0.717) is 22.4 Å². The monoisotopic (exact) mass is 307 g/mol. The van der Waals surface area contributed by atoms with Crippen molar-refractivity contribution in [2.24, 2.45) is 0 Å². The van der Waals surface area contributed by atoms with E-state index < -0.39 is 11.5 Å². The Morgan fingerprint density at radius 3 is 2.43 bits per heavy atom. The lowest BCUT2D eigenvalue weighted by Crippen LogP contribution is -2.15. The SMILES string of the molecule is CC(C)c1ccc(NC(=O)c2cc3ccccc3c(=O)o2)cc1. The van der Waals surface area contributed by atoms with E-state index in [2.05, 4.69) is 19.2 Å². The summed E-state index contributed by atoms with van der Waals surface area (Å²) in [6, 6.07) is 16.2. The van der Waals surface area contributed by atoms with Gasteiger partial charge in [-0.25, -0.2) is 4.79 Å². The number of hydrogen-bond acceptors (Lipinski definition) is 3. The van der Waals surface area contributed by atoms with Crippen LogP contribution in [0, 0.1) is 0 Å². The van der Waals surface area contributed by atoms with Crippen molar-refractivity contribution < 1.29 is 9.21 Å². The molecule has 0 saturated carbocycles. The number of anilines is 1. The lowest BCUT2D eigenvalue weighted by molar-refractivity contribution is 0.0993. The van der Waals surface area contributed by atoms with Crippen LogP contribution in [0.25, 0.3) is 10.8 Å². The van der Waals surface area contributed by atoms with Gasteiger partial charge in [-0.2, -0.15) is 0 Å². The van der Waals surface area contributed by atoms with Crippen LogP contribution in [0.3, 0.4) is 0 Å². The fourth-order valence-electron chi connectivity index (χ4n) is 2.39. The van der Waals surface area contributed by atoms with Crippen LogP contribution >= 0.6 is 0 Å². The average molecular weight is 307 g/mol. The van der Waals surface area contributed by atoms with Gasteiger partial charge in [-0.1, -0.05) is 44.2 Å². The third-order valence-electron chi connectivity index (χ3n) is 3.73. The topological polar surface area (TPSA) is 59.3 Å². The van der Waals surface area contributed by atoms with Crippen molar-refractivity contribution in [1.82, 2.24) is 0 Å². The third-order valence-corrected chi connectivity index (χ3v) is 3.73. The first-order chi connectivity index (χ1) is 11.0. The Kier molecular flexibility index (Phi) is 3.98. The summed E-state index contributed by atoms with van der Waals surface area (Å²) in [4.78, 5) is 24.2. The molecule has 1 amide bonds. The van der Waals surface area contributed by atoms with Crippen molar-refractivity contribution in [2.45, 2.75) is 19.8 Å². The van der Waals surface area contributed by atoms with E-state index in [-0.39, 0.29) is 5.76 Å². The van der Waals surface area contributed by atoms with E-state index in [1.54, 1.807) is 24.3 Å². The Morgan fingerprint density at radius 2 is 1.74 bits per heavy atom. The summed E-state index contributed by atoms with van der Waals surface area (Å²) in [6.45, 7) is 4.22. The Labute approximate surface area is 133 Å². The van der Waals surface area contributed by atoms with Gasteiger partial charge in [-0.05, 0) is 41.1 Å². The maximum Gasteiger partial charge on any atom is 0.344 e. The van der Waals surface area contributed by atoms with E-state index in [1.807, 2.05) is 30.3 Å². The van der Waals surface area contributed by atoms with Crippen LogP contribution in [0.15, 0.2) is 63.8 Å². The highest BCUT2D eigenvalue weighted by molar-refractivity contribution is 6.03. The van der Waals surface area contributed by atoms with Gasteiger partial charge in [-0.3, -0.25) is 4.79 Å². The molecule has 4 nitrogen and oxygen atoms in total. The Hall–Kier alpha value is -2.88. The molecule has 3 aromatic rings. The number of rotatable bonds is 3. The summed E-state index contributed by atoms with van der Waals surface area (Å²) < 4.78 is 5.12. The predicted octanol–water partition coefficient (Wildman–Crippen LogP) is 4.17. The van der Waals surface area contributed by atoms with E-state index in [4.69, 9.17) is 4.42 Å². The summed E-state index contributed by atoms with van der Waals surface area (Å²) in [6.07, 6.45) is 0. The standard InChI is InChI=1S/C19H17NO3/c1-12(2)13-7-9-15(10-8-13)20-18(21)17-11-14-5-3-4-6-16(14)19(22)23-17/h3-12H,1-2H3,(H,20,21). The van der Waals surface area contributed by atoms with Crippen molar-refractivity contribution in [1.29, 1.82) is 0 Å². The van der Waals surface area contributed by atoms with Crippen LogP contribution in [0.5, 0.6) is 0 Å². The second-order valence-electron chi connectivity index (χ2n) is 5.72. The molecule has 0 aliphatic rings. The van der Waals surface area contributed by atoms with Gasteiger partial charge < -0.3 is 9.73 Å². The van der Waals surface area contributed by atoms with Crippen LogP contribution in [-0.2, 0) is 0 Å². The highest BCUT2D eigenvalue weighted by atomic mass is 16.4. The third kappa shape index (κ3) is 3.16. The first kappa shape index (κ1) is 15.0. The van der Waals surface area contributed by atoms with Gasteiger partial charge in [0.05, 0.1) is 5.39 Å². The minimum absolute atomic E-state index is 0.00151. The molecule has 1 aromatic heterocycles. The maximum atomic E-state index is 12.3. The largest absolute Gasteiger partial charge is 0.417 e. The fourth-order valence-corrected chi connectivity index (χ4v) is 2.39. The summed E-state index contributed by atoms with van der Waals surface area (Å²) in [5, 5.41) is 3.89. The molecular formula is C19H17NO3. The minimum Gasteiger partial charge on any atom is -0.417 e. The van der Waals surface area contributed by atoms with Crippen molar-refractivity contribution in [3.05, 3.63) is 76.3 Å². The molecule has 116 valence electrons. The number of benzene rings is 2. The quantitative estimate of drug-likeness (QED) is 0.790. The first-order valence-corrected chi connectivity index (χ1v) is 7.49. The normalized spacial score (nSPS) is 10.9. The van der Waals surface area contributed by atoms with E-state index in [1.165, 1.54) is 5.56 Å². The van der Waals surface area contributed by atoms with Crippen LogP contribution in [0.1, 0.15) is 35.9 Å². The number of fused-ring (bicyclic) bond motifs is 1. The first-order valence-electron chi connectivity index (χ1n) is 7.49. The van der Waals surface area contributed by atoms with Crippen LogP contribution in [-0.4, -0.2) is 5.91 Å². The molecule has 4 heteroatoms. The van der Waals surface area contributed by atoms with Gasteiger partial charge in [0, 0.05) is 5.69 Å². The lowest BCUT2D eigenvalue weighted by Gasteiger charge is -2.08. The number of carbonyl (C=O) groups excluding carboxylic acids is 1. The van der Waals surface area contributed by atoms with Gasteiger partial charge in [0.1, 0.15) is 0 Å². The molecular weight excluding hydrogens is 290 g/mol. The molecule has 23 heavy (non-hydrogen) atoms. The zero-order valence-electron chi connectivity index (χ0n) is 13.0. The molecule has 0 spiro atoms. The Balaban J connectivity index is 1.87. The number of nitrogens with one attached hydrogen (secondary N) is 1. The van der Waals surface area contributed by atoms with Gasteiger partial charge in [0.2, 0.25) is 0 Å². The minimum atomic E-state index is -0.511. The van der Waals surface area contributed by atoms with Crippen molar-refractivity contribution in [3.8, 4) is 0 Å². The maximum absolute atomic E-state index is 12.3. The predicted molar refractivity (Wildman–Crippen MR) is 91.0 cm³/mol. The number of hydrogen-bond donors (Lipinski definition) is 1. The van der Waals surface area contributed by atoms with Crippen molar-refractivity contribution in [3.63, 3.8) is 0 Å². The summed E-state index contributed by atoms with van der Waals surface area (Å²) in [5.41, 5.74) is 1.35. The molecule has 0 saturated heterocycles. The van der Waals surface area contributed by atoms with Crippen LogP contribution in [0.4, 0.5) is 5.69 Å². The highest BCUT2D eigenvalue weighted by Gasteiger charge is 2.12. The van der Waals surface area contributed by atoms with E-state index >= 15 is 0 Å². The van der Waals surface area contributed by atoms with Crippen LogP contribution in [0.2, 0.25) is 0 Å². The second kappa shape index (κ2) is 6.08. The molecule has 0 aliphatic heterocycles. The zero-order valence-corrected chi connectivity index (χ0v) is 13.0. The average Bonchev–Trinajstić information content (AvgIpc) is 2.55. The number of carbonyl (C=O) groups is 1. The molecule has 3 rings (SSSR count). The smallest absolute Gasteiger partial charge is 0.344 e. The van der Waals surface area contributed by atoms with Gasteiger partial charge >= 0.3 is 5.63 Å². The summed E-state index contributed by atoms with van der Waals surface area (Å²) in [7, 11) is 0. The molecule has 0 radical (unpaired) electrons. The van der Waals surface area contributed by atoms with E-state index in [0.717, 1.165) is 0 Å². The highest BCUT2D eigenvalue weighted by Crippen LogP contribution is 2.18. The molecule has 0 fully saturated rings. The van der Waals surface area contributed by atoms with Crippen molar-refractivity contribution in [2.75, 3.05) is 5.32 Å². The van der Waals surface area contributed by atoms with Gasteiger partial charge in [-0.15, -0.1) is 0 Å². The summed E-state index contributed by atoms with van der Waals surface area (Å²) >= 11 is 0. The molecule has 0 atom stereocenters. The van der Waals surface area contributed by atoms with E-state index in [9.17, 15) is 9.59 Å². The second-order valence-corrected chi connectivity index (χ2v) is 5.72. The molecule has 2 aromatic carbocycles. The molecule has 0 bridgehead atoms. The Morgan fingerprint density at radius 1 is 1.04 bits per heavy atom. The fraction of sp³-hybridized carbons (Fsp3) is 0.158. The van der Waals surface area contributed by atoms with Gasteiger partial charge in [0.25, 0.3) is 5.91 Å². The Bertz CT molecular complexity index is 908. The van der Waals surface area contributed by atoms with Crippen molar-refractivity contribution >= 4 is 22.4 Å². The molecule has 0 unspecified atom stereocenters. The number of amides is 1. The lowest BCUT2D eigenvalue weighted by atomic mass is 10.0. The molecule has 0 aliphatic carbocycles. The molecule has 1 heterocycles. The van der Waals surface area contributed by atoms with Gasteiger partial charge in [0.15, 0.2) is 5.76 Å². The van der Waals surface area contributed by atoms with Crippen LogP contribution < -0.4 is 10.9 Å². The zero-order chi connectivity index (χ0) is 16.4.